The van der Waals surface area contributed by atoms with Gasteiger partial charge in [-0.3, -0.25) is 4.79 Å². The number of aromatic nitrogens is 1. The standard InChI is InChI=1S/C16H15BrN2O5/c1-23-15(21)11-4-2-10(3-5-11)7-19-14(20)9-24-16(22)13-6-12(17)8-18-13/h2-6,8,18H,7,9H2,1H3,(H,19,20). The molecule has 24 heavy (non-hydrogen) atoms. The summed E-state index contributed by atoms with van der Waals surface area (Å²) < 4.78 is 10.2. The van der Waals surface area contributed by atoms with Gasteiger partial charge in [0, 0.05) is 17.2 Å². The molecule has 0 saturated carbocycles. The predicted molar refractivity (Wildman–Crippen MR) is 88.4 cm³/mol. The maximum absolute atomic E-state index is 11.7. The molecule has 126 valence electrons. The zero-order valence-electron chi connectivity index (χ0n) is 12.8. The first-order chi connectivity index (χ1) is 11.5. The van der Waals surface area contributed by atoms with Gasteiger partial charge in [-0.1, -0.05) is 12.1 Å². The van der Waals surface area contributed by atoms with Crippen molar-refractivity contribution < 1.29 is 23.9 Å². The summed E-state index contributed by atoms with van der Waals surface area (Å²) in [5.41, 5.74) is 1.49. The van der Waals surface area contributed by atoms with E-state index in [1.54, 1.807) is 36.5 Å². The molecule has 2 aromatic rings. The summed E-state index contributed by atoms with van der Waals surface area (Å²) in [6.45, 7) is -0.123. The van der Waals surface area contributed by atoms with E-state index in [4.69, 9.17) is 4.74 Å². The van der Waals surface area contributed by atoms with Crippen LogP contribution >= 0.6 is 15.9 Å². The number of esters is 2. The Kier molecular flexibility index (Phi) is 6.14. The number of nitrogens with one attached hydrogen (secondary N) is 2. The van der Waals surface area contributed by atoms with Gasteiger partial charge in [0.05, 0.1) is 12.7 Å². The number of carbonyl (C=O) groups is 3. The number of halogens is 1. The highest BCUT2D eigenvalue weighted by molar-refractivity contribution is 9.10. The van der Waals surface area contributed by atoms with Crippen LogP contribution in [0.25, 0.3) is 0 Å². The molecule has 8 heteroatoms. The Morgan fingerprint density at radius 1 is 1.17 bits per heavy atom. The average molecular weight is 395 g/mol. The molecule has 1 aromatic heterocycles. The Morgan fingerprint density at radius 3 is 2.46 bits per heavy atom. The number of amides is 1. The summed E-state index contributed by atoms with van der Waals surface area (Å²) in [5.74, 6) is -1.46. The summed E-state index contributed by atoms with van der Waals surface area (Å²) in [6, 6.07) is 8.18. The number of ether oxygens (including phenoxy) is 2. The van der Waals surface area contributed by atoms with Crippen LogP contribution < -0.4 is 5.32 Å². The van der Waals surface area contributed by atoms with Gasteiger partial charge in [-0.2, -0.15) is 0 Å². The number of benzene rings is 1. The van der Waals surface area contributed by atoms with Gasteiger partial charge in [0.15, 0.2) is 6.61 Å². The van der Waals surface area contributed by atoms with Crippen LogP contribution in [0, 0.1) is 0 Å². The number of hydrogen-bond acceptors (Lipinski definition) is 5. The number of H-pyrrole nitrogens is 1. The van der Waals surface area contributed by atoms with E-state index in [-0.39, 0.29) is 18.8 Å². The van der Waals surface area contributed by atoms with Gasteiger partial charge in [0.25, 0.3) is 5.91 Å². The minimum absolute atomic E-state index is 0.256. The zero-order chi connectivity index (χ0) is 17.5. The molecule has 2 rings (SSSR count). The third kappa shape index (κ3) is 4.95. The molecule has 0 aliphatic carbocycles. The van der Waals surface area contributed by atoms with Crippen LogP contribution in [0.15, 0.2) is 41.0 Å². The molecular weight excluding hydrogens is 380 g/mol. The van der Waals surface area contributed by atoms with Crippen LogP contribution in [0.1, 0.15) is 26.4 Å². The van der Waals surface area contributed by atoms with Gasteiger partial charge in [0.1, 0.15) is 5.69 Å². The van der Waals surface area contributed by atoms with E-state index in [1.807, 2.05) is 0 Å². The quantitative estimate of drug-likeness (QED) is 0.730. The molecule has 1 heterocycles. The second-order valence-electron chi connectivity index (χ2n) is 4.77. The average Bonchev–Trinajstić information content (AvgIpc) is 3.04. The maximum atomic E-state index is 11.7. The van der Waals surface area contributed by atoms with Crippen molar-refractivity contribution in [2.24, 2.45) is 0 Å². The summed E-state index contributed by atoms with van der Waals surface area (Å²) in [7, 11) is 1.31. The van der Waals surface area contributed by atoms with Crippen LogP contribution in [-0.2, 0) is 20.8 Å². The van der Waals surface area contributed by atoms with Crippen LogP contribution in [0.4, 0.5) is 0 Å². The lowest BCUT2D eigenvalue weighted by atomic mass is 10.1. The first-order valence-electron chi connectivity index (χ1n) is 6.94. The van der Waals surface area contributed by atoms with Crippen LogP contribution in [0.2, 0.25) is 0 Å². The van der Waals surface area contributed by atoms with Gasteiger partial charge in [-0.25, -0.2) is 9.59 Å². The monoisotopic (exact) mass is 394 g/mol. The van der Waals surface area contributed by atoms with Crippen molar-refractivity contribution >= 4 is 33.8 Å². The molecule has 2 N–H and O–H groups in total. The lowest BCUT2D eigenvalue weighted by molar-refractivity contribution is -0.124. The van der Waals surface area contributed by atoms with Crippen molar-refractivity contribution in [1.82, 2.24) is 10.3 Å². The molecule has 0 radical (unpaired) electrons. The van der Waals surface area contributed by atoms with Crippen molar-refractivity contribution in [1.29, 1.82) is 0 Å². The predicted octanol–water partition coefficient (Wildman–Crippen LogP) is 2.04. The SMILES string of the molecule is COC(=O)c1ccc(CNC(=O)COC(=O)c2cc(Br)c[nH]2)cc1. The number of hydrogen-bond donors (Lipinski definition) is 2. The Labute approximate surface area is 146 Å². The first-order valence-corrected chi connectivity index (χ1v) is 7.74. The molecule has 0 saturated heterocycles. The van der Waals surface area contributed by atoms with Crippen molar-refractivity contribution in [2.75, 3.05) is 13.7 Å². The van der Waals surface area contributed by atoms with Gasteiger partial charge in [-0.15, -0.1) is 0 Å². The van der Waals surface area contributed by atoms with Crippen LogP contribution in [-0.4, -0.2) is 36.5 Å². The van der Waals surface area contributed by atoms with E-state index in [0.717, 1.165) is 5.56 Å². The molecule has 0 bridgehead atoms. The Morgan fingerprint density at radius 2 is 1.88 bits per heavy atom. The highest BCUT2D eigenvalue weighted by atomic mass is 79.9. The van der Waals surface area contributed by atoms with E-state index in [2.05, 4.69) is 31.0 Å². The number of rotatable bonds is 6. The second kappa shape index (κ2) is 8.30. The number of aromatic amines is 1. The van der Waals surface area contributed by atoms with Crippen LogP contribution in [0.5, 0.6) is 0 Å². The molecule has 0 atom stereocenters. The maximum Gasteiger partial charge on any atom is 0.355 e. The Balaban J connectivity index is 1.76. The Hall–Kier alpha value is -2.61. The van der Waals surface area contributed by atoms with Crippen LogP contribution in [0.3, 0.4) is 0 Å². The van der Waals surface area contributed by atoms with Gasteiger partial charge < -0.3 is 19.8 Å². The van der Waals surface area contributed by atoms with Gasteiger partial charge in [-0.05, 0) is 39.7 Å². The molecule has 7 nitrogen and oxygen atoms in total. The molecule has 0 unspecified atom stereocenters. The van der Waals surface area contributed by atoms with E-state index in [0.29, 0.717) is 10.0 Å². The molecule has 1 amide bonds. The minimum atomic E-state index is -0.613. The molecule has 1 aromatic carbocycles. The van der Waals surface area contributed by atoms with Crippen molar-refractivity contribution in [3.05, 3.63) is 57.8 Å². The van der Waals surface area contributed by atoms with Gasteiger partial charge >= 0.3 is 11.9 Å². The number of methoxy groups -OCH3 is 1. The summed E-state index contributed by atoms with van der Waals surface area (Å²) in [5, 5.41) is 2.62. The lowest BCUT2D eigenvalue weighted by Gasteiger charge is -2.07. The van der Waals surface area contributed by atoms with E-state index < -0.39 is 17.8 Å². The zero-order valence-corrected chi connectivity index (χ0v) is 14.4. The molecule has 0 fully saturated rings. The van der Waals surface area contributed by atoms with E-state index >= 15 is 0 Å². The highest BCUT2D eigenvalue weighted by Gasteiger charge is 2.12. The fourth-order valence-electron chi connectivity index (χ4n) is 1.82. The molecular formula is C16H15BrN2O5. The molecule has 0 spiro atoms. The normalized spacial score (nSPS) is 10.1. The summed E-state index contributed by atoms with van der Waals surface area (Å²) >= 11 is 3.20. The topological polar surface area (TPSA) is 97.5 Å². The highest BCUT2D eigenvalue weighted by Crippen LogP contribution is 2.11. The van der Waals surface area contributed by atoms with E-state index in [1.165, 1.54) is 7.11 Å². The van der Waals surface area contributed by atoms with Gasteiger partial charge in [0.2, 0.25) is 0 Å². The van der Waals surface area contributed by atoms with Crippen molar-refractivity contribution in [3.63, 3.8) is 0 Å². The fourth-order valence-corrected chi connectivity index (χ4v) is 2.17. The van der Waals surface area contributed by atoms with E-state index in [9.17, 15) is 14.4 Å². The third-order valence-corrected chi connectivity index (χ3v) is 3.52. The minimum Gasteiger partial charge on any atom is -0.465 e. The Bertz CT molecular complexity index is 739. The molecule has 0 aliphatic heterocycles. The second-order valence-corrected chi connectivity index (χ2v) is 5.69. The summed E-state index contributed by atoms with van der Waals surface area (Å²) in [6.07, 6.45) is 1.59. The largest absolute Gasteiger partial charge is 0.465 e. The third-order valence-electron chi connectivity index (χ3n) is 3.07. The fraction of sp³-hybridized carbons (Fsp3) is 0.188. The van der Waals surface area contributed by atoms with Crippen molar-refractivity contribution in [3.8, 4) is 0 Å². The first kappa shape index (κ1) is 17.7. The number of carbonyl (C=O) groups excluding carboxylic acids is 3. The smallest absolute Gasteiger partial charge is 0.355 e. The van der Waals surface area contributed by atoms with Crippen molar-refractivity contribution in [2.45, 2.75) is 6.54 Å². The molecule has 0 aliphatic rings. The lowest BCUT2D eigenvalue weighted by Crippen LogP contribution is -2.28. The summed E-state index contributed by atoms with van der Waals surface area (Å²) in [4.78, 5) is 37.4.